The van der Waals surface area contributed by atoms with E-state index in [9.17, 15) is 9.59 Å². The number of benzene rings is 1. The van der Waals surface area contributed by atoms with Crippen LogP contribution < -0.4 is 10.2 Å². The minimum atomic E-state index is -0.123. The first-order valence-electron chi connectivity index (χ1n) is 5.42. The number of nitrogens with zero attached hydrogens (tertiary/aromatic N) is 1. The molecule has 1 aromatic carbocycles. The second-order valence-corrected chi connectivity index (χ2v) is 4.82. The fourth-order valence-corrected chi connectivity index (χ4v) is 2.21. The number of nitrogens with one attached hydrogen (secondary N) is 1. The second kappa shape index (κ2) is 4.79. The molecule has 2 amide bonds. The Morgan fingerprint density at radius 3 is 2.88 bits per heavy atom. The molecule has 5 heteroatoms. The summed E-state index contributed by atoms with van der Waals surface area (Å²) in [6, 6.07) is 7.27. The highest BCUT2D eigenvalue weighted by atomic mass is 32.1. The van der Waals surface area contributed by atoms with Crippen LogP contribution >= 0.6 is 12.6 Å². The van der Waals surface area contributed by atoms with Crippen LogP contribution in [0.1, 0.15) is 13.3 Å². The van der Waals surface area contributed by atoms with E-state index in [4.69, 9.17) is 0 Å². The topological polar surface area (TPSA) is 49.4 Å². The van der Waals surface area contributed by atoms with Crippen LogP contribution in [0.2, 0.25) is 0 Å². The first kappa shape index (κ1) is 12.0. The summed E-state index contributed by atoms with van der Waals surface area (Å²) in [7, 11) is 0. The third-order valence-electron chi connectivity index (χ3n) is 2.58. The van der Waals surface area contributed by atoms with Crippen molar-refractivity contribution in [2.24, 2.45) is 0 Å². The van der Waals surface area contributed by atoms with Gasteiger partial charge in [0.05, 0.1) is 0 Å². The summed E-state index contributed by atoms with van der Waals surface area (Å²) in [4.78, 5) is 24.4. The number of carbonyl (C=O) groups is 2. The molecule has 1 aliphatic rings. The average molecular weight is 250 g/mol. The zero-order chi connectivity index (χ0) is 12.4. The minimum Gasteiger partial charge on any atom is -0.326 e. The van der Waals surface area contributed by atoms with Gasteiger partial charge in [-0.05, 0) is 18.2 Å². The van der Waals surface area contributed by atoms with E-state index in [1.54, 1.807) is 17.0 Å². The molecule has 1 fully saturated rings. The van der Waals surface area contributed by atoms with E-state index in [1.807, 2.05) is 12.1 Å². The molecule has 0 saturated carbocycles. The van der Waals surface area contributed by atoms with E-state index in [0.717, 1.165) is 5.69 Å². The quantitative estimate of drug-likeness (QED) is 0.785. The Balaban J connectivity index is 2.21. The van der Waals surface area contributed by atoms with Crippen molar-refractivity contribution in [3.8, 4) is 0 Å². The molecular formula is C12H14N2O2S. The molecule has 1 saturated heterocycles. The largest absolute Gasteiger partial charge is 0.326 e. The second-order valence-electron chi connectivity index (χ2n) is 4.09. The van der Waals surface area contributed by atoms with Crippen molar-refractivity contribution in [1.82, 2.24) is 0 Å². The van der Waals surface area contributed by atoms with Crippen LogP contribution in [0.15, 0.2) is 24.3 Å². The fourth-order valence-electron chi connectivity index (χ4n) is 1.89. The lowest BCUT2D eigenvalue weighted by atomic mass is 10.2. The van der Waals surface area contributed by atoms with Crippen molar-refractivity contribution in [1.29, 1.82) is 0 Å². The van der Waals surface area contributed by atoms with Gasteiger partial charge in [-0.25, -0.2) is 0 Å². The van der Waals surface area contributed by atoms with Gasteiger partial charge >= 0.3 is 0 Å². The van der Waals surface area contributed by atoms with Gasteiger partial charge in [-0.2, -0.15) is 12.6 Å². The third-order valence-corrected chi connectivity index (χ3v) is 2.93. The van der Waals surface area contributed by atoms with Crippen molar-refractivity contribution in [3.63, 3.8) is 0 Å². The van der Waals surface area contributed by atoms with Crippen molar-refractivity contribution < 1.29 is 9.59 Å². The van der Waals surface area contributed by atoms with E-state index in [2.05, 4.69) is 17.9 Å². The van der Waals surface area contributed by atoms with Crippen molar-refractivity contribution in [2.45, 2.75) is 18.6 Å². The number of hydrogen-bond acceptors (Lipinski definition) is 3. The molecule has 0 bridgehead atoms. The molecule has 1 atom stereocenters. The summed E-state index contributed by atoms with van der Waals surface area (Å²) in [5, 5.41) is 2.79. The molecule has 17 heavy (non-hydrogen) atoms. The van der Waals surface area contributed by atoms with Gasteiger partial charge < -0.3 is 10.2 Å². The maximum absolute atomic E-state index is 11.7. The van der Waals surface area contributed by atoms with Gasteiger partial charge in [0.2, 0.25) is 11.8 Å². The molecule has 2 rings (SSSR count). The molecule has 1 aromatic rings. The Morgan fingerprint density at radius 1 is 1.53 bits per heavy atom. The van der Waals surface area contributed by atoms with Crippen molar-refractivity contribution in [3.05, 3.63) is 24.3 Å². The third kappa shape index (κ3) is 2.79. The Hall–Kier alpha value is -1.49. The van der Waals surface area contributed by atoms with Crippen LogP contribution in [0.4, 0.5) is 11.4 Å². The minimum absolute atomic E-state index is 0.0741. The van der Waals surface area contributed by atoms with Crippen LogP contribution in [0.3, 0.4) is 0 Å². The van der Waals surface area contributed by atoms with Crippen molar-refractivity contribution >= 4 is 35.8 Å². The predicted molar refractivity (Wildman–Crippen MR) is 70.5 cm³/mol. The van der Waals surface area contributed by atoms with Crippen molar-refractivity contribution in [2.75, 3.05) is 16.8 Å². The van der Waals surface area contributed by atoms with Crippen LogP contribution in [-0.2, 0) is 9.59 Å². The highest BCUT2D eigenvalue weighted by Crippen LogP contribution is 2.26. The lowest BCUT2D eigenvalue weighted by Gasteiger charge is -2.17. The van der Waals surface area contributed by atoms with Crippen LogP contribution in [0.5, 0.6) is 0 Å². The van der Waals surface area contributed by atoms with Crippen LogP contribution in [-0.4, -0.2) is 23.6 Å². The Bertz CT molecular complexity index is 462. The predicted octanol–water partition coefficient (Wildman–Crippen LogP) is 1.68. The highest BCUT2D eigenvalue weighted by molar-refractivity contribution is 7.81. The summed E-state index contributed by atoms with van der Waals surface area (Å²) in [5.74, 6) is -0.0491. The molecule has 90 valence electrons. The number of amides is 2. The van der Waals surface area contributed by atoms with E-state index in [-0.39, 0.29) is 17.1 Å². The number of carbonyl (C=O) groups excluding carboxylic acids is 2. The van der Waals surface area contributed by atoms with Gasteiger partial charge in [0.1, 0.15) is 0 Å². The van der Waals surface area contributed by atoms with E-state index >= 15 is 0 Å². The standard InChI is InChI=1S/C12H14N2O2S/c1-8(15)13-9-3-2-4-10(5-9)14-7-11(17)6-12(14)16/h2-5,11,17H,6-7H2,1H3,(H,13,15). The van der Waals surface area contributed by atoms with Crippen LogP contribution in [0, 0.1) is 0 Å². The number of rotatable bonds is 2. The Kier molecular flexibility index (Phi) is 3.38. The van der Waals surface area contributed by atoms with Gasteiger partial charge in [-0.1, -0.05) is 6.07 Å². The first-order chi connectivity index (χ1) is 8.06. The molecule has 1 N–H and O–H groups in total. The maximum atomic E-state index is 11.7. The van der Waals surface area contributed by atoms with Crippen LogP contribution in [0.25, 0.3) is 0 Å². The molecule has 1 heterocycles. The normalized spacial score (nSPS) is 19.5. The Morgan fingerprint density at radius 2 is 2.29 bits per heavy atom. The SMILES string of the molecule is CC(=O)Nc1cccc(N2CC(S)CC2=O)c1. The maximum Gasteiger partial charge on any atom is 0.228 e. The average Bonchev–Trinajstić information content (AvgIpc) is 2.57. The fraction of sp³-hybridized carbons (Fsp3) is 0.333. The van der Waals surface area contributed by atoms with E-state index in [1.165, 1.54) is 6.92 Å². The lowest BCUT2D eigenvalue weighted by Crippen LogP contribution is -2.24. The van der Waals surface area contributed by atoms with Gasteiger partial charge in [-0.15, -0.1) is 0 Å². The van der Waals surface area contributed by atoms with Gasteiger partial charge in [-0.3, -0.25) is 9.59 Å². The molecule has 0 spiro atoms. The summed E-state index contributed by atoms with van der Waals surface area (Å²) in [5.41, 5.74) is 1.50. The molecule has 1 aliphatic heterocycles. The van der Waals surface area contributed by atoms with Gasteiger partial charge in [0.25, 0.3) is 0 Å². The number of thiol groups is 1. The Labute approximate surface area is 105 Å². The summed E-state index contributed by atoms with van der Waals surface area (Å²) < 4.78 is 0. The molecular weight excluding hydrogens is 236 g/mol. The molecule has 1 unspecified atom stereocenters. The molecule has 4 nitrogen and oxygen atoms in total. The molecule has 0 radical (unpaired) electrons. The first-order valence-corrected chi connectivity index (χ1v) is 5.94. The summed E-state index contributed by atoms with van der Waals surface area (Å²) >= 11 is 4.31. The number of anilines is 2. The van der Waals surface area contributed by atoms with E-state index < -0.39 is 0 Å². The monoisotopic (exact) mass is 250 g/mol. The highest BCUT2D eigenvalue weighted by Gasteiger charge is 2.28. The molecule has 0 aliphatic carbocycles. The van der Waals surface area contributed by atoms with Gasteiger partial charge in [0.15, 0.2) is 0 Å². The lowest BCUT2D eigenvalue weighted by molar-refractivity contribution is -0.117. The zero-order valence-corrected chi connectivity index (χ0v) is 10.4. The smallest absolute Gasteiger partial charge is 0.228 e. The molecule has 0 aromatic heterocycles. The summed E-state index contributed by atoms with van der Waals surface area (Å²) in [6.45, 7) is 2.07. The zero-order valence-electron chi connectivity index (χ0n) is 9.51. The van der Waals surface area contributed by atoms with Gasteiger partial charge in [0, 0.05) is 36.5 Å². The summed E-state index contributed by atoms with van der Waals surface area (Å²) in [6.07, 6.45) is 0.466. The van der Waals surface area contributed by atoms with E-state index in [0.29, 0.717) is 18.7 Å². The number of hydrogen-bond donors (Lipinski definition) is 2.